The number of halogens is 1. The van der Waals surface area contributed by atoms with E-state index in [2.05, 4.69) is 0 Å². The molecule has 0 aliphatic heterocycles. The van der Waals surface area contributed by atoms with E-state index in [1.165, 1.54) is 12.1 Å². The van der Waals surface area contributed by atoms with Gasteiger partial charge in [0, 0.05) is 11.3 Å². The molecule has 7 heteroatoms. The van der Waals surface area contributed by atoms with Crippen molar-refractivity contribution < 1.29 is 17.6 Å². The number of amides is 1. The molecule has 0 bridgehead atoms. The summed E-state index contributed by atoms with van der Waals surface area (Å²) in [7, 11) is -3.85. The number of thiophene rings is 1. The first-order chi connectivity index (χ1) is 10.3. The molecule has 1 aromatic carbocycles. The van der Waals surface area contributed by atoms with E-state index in [4.69, 9.17) is 0 Å². The number of hydrogen-bond acceptors (Lipinski definition) is 4. The van der Waals surface area contributed by atoms with Gasteiger partial charge in [-0.05, 0) is 36.6 Å². The van der Waals surface area contributed by atoms with Crippen LogP contribution in [0, 0.1) is 12.7 Å². The van der Waals surface area contributed by atoms with Crippen LogP contribution < -0.4 is 4.72 Å². The van der Waals surface area contributed by atoms with Gasteiger partial charge in [-0.3, -0.25) is 4.79 Å². The topological polar surface area (TPSA) is 63.2 Å². The van der Waals surface area contributed by atoms with Crippen molar-refractivity contribution in [2.45, 2.75) is 30.4 Å². The van der Waals surface area contributed by atoms with Gasteiger partial charge < -0.3 is 0 Å². The van der Waals surface area contributed by atoms with Crippen molar-refractivity contribution in [3.63, 3.8) is 0 Å². The van der Waals surface area contributed by atoms with E-state index >= 15 is 0 Å². The van der Waals surface area contributed by atoms with Crippen LogP contribution in [0.4, 0.5) is 4.39 Å². The first-order valence-corrected chi connectivity index (χ1v) is 8.96. The average Bonchev–Trinajstić information content (AvgIpc) is 2.86. The predicted octanol–water partition coefficient (Wildman–Crippen LogP) is 3.19. The summed E-state index contributed by atoms with van der Waals surface area (Å²) in [5, 5.41) is 0. The normalized spacial score (nSPS) is 12.9. The van der Waals surface area contributed by atoms with Gasteiger partial charge in [0.15, 0.2) is 0 Å². The summed E-state index contributed by atoms with van der Waals surface area (Å²) >= 11 is 1.09. The summed E-state index contributed by atoms with van der Waals surface area (Å²) < 4.78 is 39.9. The lowest BCUT2D eigenvalue weighted by atomic mass is 9.97. The van der Waals surface area contributed by atoms with Gasteiger partial charge in [0.2, 0.25) is 5.91 Å². The van der Waals surface area contributed by atoms with Gasteiger partial charge in [-0.25, -0.2) is 17.5 Å². The summed E-state index contributed by atoms with van der Waals surface area (Å²) in [4.78, 5) is 12.8. The zero-order valence-corrected chi connectivity index (χ0v) is 13.8. The van der Waals surface area contributed by atoms with E-state index in [9.17, 15) is 17.6 Å². The number of aryl methyl sites for hydroxylation is 1. The fraction of sp³-hybridized carbons (Fsp3) is 0.267. The van der Waals surface area contributed by atoms with Crippen LogP contribution >= 0.6 is 11.3 Å². The molecule has 0 radical (unpaired) electrons. The minimum Gasteiger partial charge on any atom is -0.274 e. The van der Waals surface area contributed by atoms with Crippen molar-refractivity contribution >= 4 is 27.3 Å². The Balaban J connectivity index is 2.06. The molecule has 1 heterocycles. The predicted molar refractivity (Wildman–Crippen MR) is 83.8 cm³/mol. The Kier molecular flexibility index (Phi) is 4.97. The molecule has 118 valence electrons. The van der Waals surface area contributed by atoms with Gasteiger partial charge in [0.05, 0.1) is 0 Å². The highest BCUT2D eigenvalue weighted by Crippen LogP contribution is 2.23. The summed E-state index contributed by atoms with van der Waals surface area (Å²) in [6.45, 7) is 3.46. The Morgan fingerprint density at radius 3 is 2.55 bits per heavy atom. The monoisotopic (exact) mass is 341 g/mol. The summed E-state index contributed by atoms with van der Waals surface area (Å²) in [5.74, 6) is -1.47. The van der Waals surface area contributed by atoms with Crippen molar-refractivity contribution in [2.24, 2.45) is 0 Å². The molecule has 0 spiro atoms. The number of benzene rings is 1. The molecular formula is C15H16FNO3S2. The molecule has 0 saturated carbocycles. The summed E-state index contributed by atoms with van der Waals surface area (Å²) in [6, 6.07) is 9.27. The molecule has 1 atom stereocenters. The molecule has 4 nitrogen and oxygen atoms in total. The van der Waals surface area contributed by atoms with Crippen LogP contribution in [0.15, 0.2) is 40.6 Å². The molecule has 0 saturated heterocycles. The first kappa shape index (κ1) is 16.6. The van der Waals surface area contributed by atoms with Crippen molar-refractivity contribution in [1.29, 1.82) is 0 Å². The van der Waals surface area contributed by atoms with Crippen molar-refractivity contribution in [3.05, 3.63) is 52.7 Å². The fourth-order valence-corrected chi connectivity index (χ4v) is 4.34. The lowest BCUT2D eigenvalue weighted by Gasteiger charge is -2.12. The highest BCUT2D eigenvalue weighted by atomic mass is 32.2. The maximum absolute atomic E-state index is 13.6. The average molecular weight is 341 g/mol. The Hall–Kier alpha value is -1.73. The van der Waals surface area contributed by atoms with Crippen molar-refractivity contribution in [3.8, 4) is 0 Å². The molecule has 0 aliphatic rings. The van der Waals surface area contributed by atoms with E-state index in [1.54, 1.807) is 38.1 Å². The molecule has 1 amide bonds. The third-order valence-corrected chi connectivity index (χ3v) is 6.02. The summed E-state index contributed by atoms with van der Waals surface area (Å²) in [6.07, 6.45) is -0.107. The Morgan fingerprint density at radius 1 is 1.27 bits per heavy atom. The lowest BCUT2D eigenvalue weighted by Crippen LogP contribution is -2.30. The second-order valence-corrected chi connectivity index (χ2v) is 8.22. The fourth-order valence-electron chi connectivity index (χ4n) is 2.06. The van der Waals surface area contributed by atoms with Crippen LogP contribution in [0.3, 0.4) is 0 Å². The number of rotatable bonds is 5. The van der Waals surface area contributed by atoms with Crippen LogP contribution in [-0.4, -0.2) is 14.3 Å². The smallest absolute Gasteiger partial charge is 0.273 e. The van der Waals surface area contributed by atoms with Crippen LogP contribution in [0.1, 0.15) is 29.7 Å². The molecule has 0 unspecified atom stereocenters. The summed E-state index contributed by atoms with van der Waals surface area (Å²) in [5.41, 5.74) is 0.391. The third kappa shape index (κ3) is 3.92. The van der Waals surface area contributed by atoms with Gasteiger partial charge in [0.1, 0.15) is 10.0 Å². The minimum atomic E-state index is -3.85. The maximum Gasteiger partial charge on any atom is 0.273 e. The molecule has 2 rings (SSSR count). The van der Waals surface area contributed by atoms with Crippen LogP contribution in [0.25, 0.3) is 0 Å². The van der Waals surface area contributed by atoms with Gasteiger partial charge >= 0.3 is 0 Å². The molecule has 0 aliphatic carbocycles. The van der Waals surface area contributed by atoms with E-state index in [0.717, 1.165) is 16.2 Å². The quantitative estimate of drug-likeness (QED) is 0.908. The second-order valence-electron chi connectivity index (χ2n) is 5.02. The van der Waals surface area contributed by atoms with Gasteiger partial charge in [-0.2, -0.15) is 0 Å². The number of carbonyl (C=O) groups excluding carboxylic acids is 1. The van der Waals surface area contributed by atoms with Crippen LogP contribution in [0.2, 0.25) is 0 Å². The van der Waals surface area contributed by atoms with Gasteiger partial charge in [-0.1, -0.05) is 25.1 Å². The molecule has 1 N–H and O–H groups in total. The third-order valence-electron chi connectivity index (χ3n) is 3.16. The lowest BCUT2D eigenvalue weighted by molar-refractivity contribution is -0.119. The largest absolute Gasteiger partial charge is 0.274 e. The maximum atomic E-state index is 13.6. The Labute approximate surface area is 133 Å². The number of sulfonamides is 1. The number of hydrogen-bond donors (Lipinski definition) is 1. The van der Waals surface area contributed by atoms with Crippen LogP contribution in [0.5, 0.6) is 0 Å². The molecule has 0 fully saturated rings. The second kappa shape index (κ2) is 6.58. The van der Waals surface area contributed by atoms with Gasteiger partial charge in [-0.15, -0.1) is 11.3 Å². The van der Waals surface area contributed by atoms with E-state index in [-0.39, 0.29) is 10.6 Å². The van der Waals surface area contributed by atoms with E-state index in [0.29, 0.717) is 5.56 Å². The zero-order valence-electron chi connectivity index (χ0n) is 12.2. The molecular weight excluding hydrogens is 325 g/mol. The Morgan fingerprint density at radius 2 is 1.95 bits per heavy atom. The van der Waals surface area contributed by atoms with E-state index in [1.807, 2.05) is 4.72 Å². The number of nitrogens with one attached hydrogen (secondary N) is 1. The minimum absolute atomic E-state index is 0.0943. The molecule has 22 heavy (non-hydrogen) atoms. The standard InChI is InChI=1S/C15H16FNO3S2/c1-10(12-5-3-4-6-13(12)16)9-14(18)17-22(19,20)15-8-7-11(2)21-15/h3-8,10H,9H2,1-2H3,(H,17,18)/t10-/m1/s1. The molecule has 1 aromatic heterocycles. The van der Waals surface area contributed by atoms with E-state index < -0.39 is 27.7 Å². The molecule has 2 aromatic rings. The highest BCUT2D eigenvalue weighted by Gasteiger charge is 2.21. The highest BCUT2D eigenvalue weighted by molar-refractivity contribution is 7.92. The van der Waals surface area contributed by atoms with Crippen molar-refractivity contribution in [1.82, 2.24) is 4.72 Å². The van der Waals surface area contributed by atoms with Gasteiger partial charge in [0.25, 0.3) is 10.0 Å². The zero-order chi connectivity index (χ0) is 16.3. The van der Waals surface area contributed by atoms with Crippen molar-refractivity contribution in [2.75, 3.05) is 0 Å². The first-order valence-electron chi connectivity index (χ1n) is 6.66. The SMILES string of the molecule is Cc1ccc(S(=O)(=O)NC(=O)C[C@@H](C)c2ccccc2F)s1. The Bertz CT molecular complexity index is 784. The number of carbonyl (C=O) groups is 1. The van der Waals surface area contributed by atoms with Crippen LogP contribution in [-0.2, 0) is 14.8 Å².